The van der Waals surface area contributed by atoms with Gasteiger partial charge in [-0.2, -0.15) is 0 Å². The molecule has 4 nitrogen and oxygen atoms in total. The van der Waals surface area contributed by atoms with Crippen LogP contribution in [0.1, 0.15) is 6.92 Å². The fraction of sp³-hybridized carbons (Fsp3) is 0.500. The van der Waals surface area contributed by atoms with Gasteiger partial charge >= 0.3 is 0 Å². The van der Waals surface area contributed by atoms with E-state index in [1.807, 2.05) is 6.92 Å². The van der Waals surface area contributed by atoms with Gasteiger partial charge in [0.2, 0.25) is 0 Å². The topological polar surface area (TPSA) is 55.4 Å². The first-order valence-electron chi connectivity index (χ1n) is 5.71. The van der Waals surface area contributed by atoms with E-state index in [1.54, 1.807) is 25.3 Å². The van der Waals surface area contributed by atoms with E-state index in [9.17, 15) is 8.42 Å². The lowest BCUT2D eigenvalue weighted by Gasteiger charge is -2.17. The quantitative estimate of drug-likeness (QED) is 0.831. The van der Waals surface area contributed by atoms with Crippen molar-refractivity contribution in [2.75, 3.05) is 26.0 Å². The van der Waals surface area contributed by atoms with Crippen LogP contribution in [-0.4, -0.2) is 40.5 Å². The molecular formula is C12H18ClNO3S. The first-order chi connectivity index (χ1) is 8.51. The van der Waals surface area contributed by atoms with Gasteiger partial charge < -0.3 is 10.1 Å². The van der Waals surface area contributed by atoms with E-state index in [1.165, 1.54) is 6.07 Å². The second-order valence-electron chi connectivity index (χ2n) is 3.92. The van der Waals surface area contributed by atoms with Crippen LogP contribution in [0.25, 0.3) is 0 Å². The zero-order chi connectivity index (χ0) is 13.6. The molecule has 0 aliphatic rings. The Kier molecular flexibility index (Phi) is 6.08. The van der Waals surface area contributed by atoms with Crippen LogP contribution in [0.3, 0.4) is 0 Å². The molecule has 1 N–H and O–H groups in total. The Hall–Kier alpha value is -0.620. The van der Waals surface area contributed by atoms with E-state index < -0.39 is 9.84 Å². The fourth-order valence-corrected chi connectivity index (χ4v) is 3.77. The first kappa shape index (κ1) is 15.4. The lowest BCUT2D eigenvalue weighted by atomic mass is 10.3. The molecule has 0 amide bonds. The number of halogens is 1. The maximum atomic E-state index is 12.2. The largest absolute Gasteiger partial charge is 0.383 e. The molecule has 1 aromatic carbocycles. The summed E-state index contributed by atoms with van der Waals surface area (Å²) in [6, 6.07) is 6.23. The van der Waals surface area contributed by atoms with Crippen molar-refractivity contribution in [3.8, 4) is 0 Å². The lowest BCUT2D eigenvalue weighted by Crippen LogP contribution is -2.39. The fourth-order valence-electron chi connectivity index (χ4n) is 1.71. The van der Waals surface area contributed by atoms with Gasteiger partial charge in [-0.15, -0.1) is 0 Å². The molecule has 18 heavy (non-hydrogen) atoms. The molecule has 6 heteroatoms. The minimum absolute atomic E-state index is 0.0294. The Balaban J connectivity index is 2.90. The molecule has 102 valence electrons. The third-order valence-corrected chi connectivity index (χ3v) is 4.76. The molecule has 0 heterocycles. The molecule has 1 atom stereocenters. The summed E-state index contributed by atoms with van der Waals surface area (Å²) >= 11 is 5.92. The Labute approximate surface area is 113 Å². The molecule has 1 aromatic rings. The minimum Gasteiger partial charge on any atom is -0.383 e. The van der Waals surface area contributed by atoms with Crippen molar-refractivity contribution in [3.05, 3.63) is 29.3 Å². The Morgan fingerprint density at radius 1 is 1.39 bits per heavy atom. The van der Waals surface area contributed by atoms with E-state index in [-0.39, 0.29) is 21.7 Å². The van der Waals surface area contributed by atoms with Crippen molar-refractivity contribution in [1.29, 1.82) is 0 Å². The Morgan fingerprint density at radius 3 is 2.61 bits per heavy atom. The molecule has 0 saturated carbocycles. The van der Waals surface area contributed by atoms with E-state index in [0.29, 0.717) is 13.2 Å². The van der Waals surface area contributed by atoms with Crippen LogP contribution in [0.15, 0.2) is 29.2 Å². The number of hydrogen-bond acceptors (Lipinski definition) is 4. The molecular weight excluding hydrogens is 274 g/mol. The molecule has 1 unspecified atom stereocenters. The summed E-state index contributed by atoms with van der Waals surface area (Å²) in [7, 11) is -1.86. The second kappa shape index (κ2) is 7.09. The van der Waals surface area contributed by atoms with Gasteiger partial charge in [-0.25, -0.2) is 8.42 Å². The van der Waals surface area contributed by atoms with Crippen LogP contribution in [0.2, 0.25) is 5.02 Å². The van der Waals surface area contributed by atoms with Crippen LogP contribution in [0, 0.1) is 0 Å². The predicted molar refractivity (Wildman–Crippen MR) is 72.8 cm³/mol. The van der Waals surface area contributed by atoms with Gasteiger partial charge in [-0.3, -0.25) is 0 Å². The number of sulfone groups is 1. The molecule has 0 aliphatic carbocycles. The molecule has 0 fully saturated rings. The lowest BCUT2D eigenvalue weighted by molar-refractivity contribution is 0.174. The summed E-state index contributed by atoms with van der Waals surface area (Å²) in [5, 5.41) is 3.34. The van der Waals surface area contributed by atoms with Crippen molar-refractivity contribution in [2.45, 2.75) is 17.9 Å². The smallest absolute Gasteiger partial charge is 0.181 e. The highest BCUT2D eigenvalue weighted by Gasteiger charge is 2.22. The highest BCUT2D eigenvalue weighted by molar-refractivity contribution is 7.91. The number of hydrogen-bond donors (Lipinski definition) is 1. The zero-order valence-corrected chi connectivity index (χ0v) is 12.1. The van der Waals surface area contributed by atoms with Crippen molar-refractivity contribution in [3.63, 3.8) is 0 Å². The monoisotopic (exact) mass is 291 g/mol. The van der Waals surface area contributed by atoms with Crippen molar-refractivity contribution in [1.82, 2.24) is 5.32 Å². The summed E-state index contributed by atoms with van der Waals surface area (Å²) in [5.41, 5.74) is 0. The average Bonchev–Trinajstić information content (AvgIpc) is 2.29. The normalized spacial score (nSPS) is 13.5. The summed E-state index contributed by atoms with van der Waals surface area (Å²) < 4.78 is 29.5. The summed E-state index contributed by atoms with van der Waals surface area (Å²) in [6.07, 6.45) is 0. The van der Waals surface area contributed by atoms with Crippen LogP contribution in [0.5, 0.6) is 0 Å². The van der Waals surface area contributed by atoms with Crippen molar-refractivity contribution < 1.29 is 13.2 Å². The van der Waals surface area contributed by atoms with Gasteiger partial charge in [0.15, 0.2) is 9.84 Å². The van der Waals surface area contributed by atoms with Gasteiger partial charge in [-0.05, 0) is 18.7 Å². The number of likely N-dealkylation sites (N-methyl/N-ethyl adjacent to an activating group) is 1. The maximum absolute atomic E-state index is 12.2. The molecule has 0 bridgehead atoms. The number of rotatable bonds is 7. The first-order valence-corrected chi connectivity index (χ1v) is 7.74. The molecule has 0 aromatic heterocycles. The molecule has 1 rings (SSSR count). The van der Waals surface area contributed by atoms with Crippen LogP contribution >= 0.6 is 11.6 Å². The van der Waals surface area contributed by atoms with Gasteiger partial charge in [0.05, 0.1) is 22.3 Å². The molecule has 0 radical (unpaired) electrons. The predicted octanol–water partition coefficient (Wildman–Crippen LogP) is 1.74. The van der Waals surface area contributed by atoms with E-state index in [4.69, 9.17) is 16.3 Å². The standard InChI is InChI=1S/C12H18ClNO3S/c1-3-14-10(8-17-2)9-18(15,16)12-7-5-4-6-11(12)13/h4-7,10,14H,3,8-9H2,1-2H3. The number of benzene rings is 1. The zero-order valence-electron chi connectivity index (χ0n) is 10.5. The van der Waals surface area contributed by atoms with Gasteiger partial charge in [-0.1, -0.05) is 30.7 Å². The molecule has 0 spiro atoms. The third-order valence-electron chi connectivity index (χ3n) is 2.45. The number of ether oxygens (including phenoxy) is 1. The summed E-state index contributed by atoms with van der Waals surface area (Å²) in [6.45, 7) is 2.95. The highest BCUT2D eigenvalue weighted by Crippen LogP contribution is 2.22. The molecule has 0 aliphatic heterocycles. The maximum Gasteiger partial charge on any atom is 0.181 e. The van der Waals surface area contributed by atoms with Crippen molar-refractivity contribution >= 4 is 21.4 Å². The van der Waals surface area contributed by atoms with E-state index in [2.05, 4.69) is 5.32 Å². The van der Waals surface area contributed by atoms with E-state index >= 15 is 0 Å². The average molecular weight is 292 g/mol. The van der Waals surface area contributed by atoms with Gasteiger partial charge in [0, 0.05) is 13.2 Å². The van der Waals surface area contributed by atoms with Crippen LogP contribution < -0.4 is 5.32 Å². The third kappa shape index (κ3) is 4.24. The van der Waals surface area contributed by atoms with Crippen molar-refractivity contribution in [2.24, 2.45) is 0 Å². The van der Waals surface area contributed by atoms with Crippen LogP contribution in [0.4, 0.5) is 0 Å². The number of nitrogens with one attached hydrogen (secondary N) is 1. The summed E-state index contributed by atoms with van der Waals surface area (Å²) in [4.78, 5) is 0.172. The van der Waals surface area contributed by atoms with E-state index in [0.717, 1.165) is 0 Å². The Morgan fingerprint density at radius 2 is 2.06 bits per heavy atom. The summed E-state index contributed by atoms with van der Waals surface area (Å²) in [5.74, 6) is -0.0294. The SMILES string of the molecule is CCNC(COC)CS(=O)(=O)c1ccccc1Cl. The molecule has 0 saturated heterocycles. The highest BCUT2D eigenvalue weighted by atomic mass is 35.5. The van der Waals surface area contributed by atoms with Gasteiger partial charge in [0.25, 0.3) is 0 Å². The minimum atomic E-state index is -3.41. The number of methoxy groups -OCH3 is 1. The Bertz CT molecular complexity index is 470. The van der Waals surface area contributed by atoms with Gasteiger partial charge in [0.1, 0.15) is 0 Å². The van der Waals surface area contributed by atoms with Crippen LogP contribution in [-0.2, 0) is 14.6 Å². The second-order valence-corrected chi connectivity index (χ2v) is 6.33.